The first-order valence-corrected chi connectivity index (χ1v) is 7.50. The van der Waals surface area contributed by atoms with Gasteiger partial charge in [0.15, 0.2) is 0 Å². The maximum atomic E-state index is 12.9. The van der Waals surface area contributed by atoms with Crippen LogP contribution in [0.3, 0.4) is 0 Å². The molecular formula is C17H23FO2. The van der Waals surface area contributed by atoms with Crippen LogP contribution < -0.4 is 0 Å². The van der Waals surface area contributed by atoms with Gasteiger partial charge in [0.2, 0.25) is 0 Å². The van der Waals surface area contributed by atoms with Gasteiger partial charge in [-0.25, -0.2) is 4.39 Å². The Morgan fingerprint density at radius 3 is 2.60 bits per heavy atom. The summed E-state index contributed by atoms with van der Waals surface area (Å²) >= 11 is 0. The molecule has 0 N–H and O–H groups in total. The molecule has 2 bridgehead atoms. The molecule has 3 rings (SSSR count). The molecule has 2 heterocycles. The van der Waals surface area contributed by atoms with E-state index in [2.05, 4.69) is 20.8 Å². The first kappa shape index (κ1) is 14.0. The summed E-state index contributed by atoms with van der Waals surface area (Å²) in [6, 6.07) is 6.52. The fourth-order valence-electron chi connectivity index (χ4n) is 3.58. The van der Waals surface area contributed by atoms with Gasteiger partial charge in [0.25, 0.3) is 0 Å². The molecule has 3 unspecified atom stereocenters. The average molecular weight is 278 g/mol. The van der Waals surface area contributed by atoms with Crippen LogP contribution >= 0.6 is 0 Å². The molecule has 0 amide bonds. The number of fused-ring (bicyclic) bond motifs is 2. The predicted octanol–water partition coefficient (Wildman–Crippen LogP) is 4.08. The second kappa shape index (κ2) is 4.81. The quantitative estimate of drug-likeness (QED) is 0.826. The molecule has 3 heteroatoms. The van der Waals surface area contributed by atoms with E-state index in [-0.39, 0.29) is 23.1 Å². The van der Waals surface area contributed by atoms with E-state index in [1.54, 1.807) is 12.1 Å². The fraction of sp³-hybridized carbons (Fsp3) is 0.647. The summed E-state index contributed by atoms with van der Waals surface area (Å²) in [5, 5.41) is 0. The molecule has 2 saturated heterocycles. The molecule has 110 valence electrons. The topological polar surface area (TPSA) is 18.5 Å². The molecule has 2 aliphatic heterocycles. The summed E-state index contributed by atoms with van der Waals surface area (Å²) in [7, 11) is 0. The van der Waals surface area contributed by atoms with Gasteiger partial charge in [-0.2, -0.15) is 0 Å². The van der Waals surface area contributed by atoms with E-state index in [1.165, 1.54) is 12.1 Å². The third-order valence-electron chi connectivity index (χ3n) is 5.11. The smallest absolute Gasteiger partial charge is 0.123 e. The third-order valence-corrected chi connectivity index (χ3v) is 5.11. The minimum absolute atomic E-state index is 0.00220. The van der Waals surface area contributed by atoms with Crippen LogP contribution in [0.1, 0.15) is 45.6 Å². The second-order valence-corrected chi connectivity index (χ2v) is 6.76. The number of hydrogen-bond donors (Lipinski definition) is 0. The number of hydrogen-bond acceptors (Lipinski definition) is 2. The van der Waals surface area contributed by atoms with Gasteiger partial charge in [0.05, 0.1) is 23.9 Å². The largest absolute Gasteiger partial charge is 0.370 e. The lowest BCUT2D eigenvalue weighted by molar-refractivity contribution is -0.0959. The van der Waals surface area contributed by atoms with E-state index in [0.717, 1.165) is 24.8 Å². The average Bonchev–Trinajstić information content (AvgIpc) is 2.90. The van der Waals surface area contributed by atoms with Crippen LogP contribution in [0.25, 0.3) is 0 Å². The third kappa shape index (κ3) is 2.27. The molecule has 2 fully saturated rings. The second-order valence-electron chi connectivity index (χ2n) is 6.76. The van der Waals surface area contributed by atoms with Crippen molar-refractivity contribution in [3.05, 3.63) is 35.6 Å². The molecule has 3 atom stereocenters. The van der Waals surface area contributed by atoms with E-state index in [4.69, 9.17) is 9.47 Å². The Labute approximate surface area is 120 Å². The van der Waals surface area contributed by atoms with Crippen LogP contribution in [-0.4, -0.2) is 17.3 Å². The van der Waals surface area contributed by atoms with Crippen LogP contribution in [0.2, 0.25) is 0 Å². The molecule has 0 spiro atoms. The minimum Gasteiger partial charge on any atom is -0.370 e. The monoisotopic (exact) mass is 278 g/mol. The molecule has 20 heavy (non-hydrogen) atoms. The number of benzene rings is 1. The van der Waals surface area contributed by atoms with Crippen LogP contribution in [0.15, 0.2) is 24.3 Å². The molecule has 1 aromatic rings. The van der Waals surface area contributed by atoms with Crippen molar-refractivity contribution in [1.82, 2.24) is 0 Å². The summed E-state index contributed by atoms with van der Waals surface area (Å²) < 4.78 is 25.3. The molecular weight excluding hydrogens is 255 g/mol. The zero-order valence-corrected chi connectivity index (χ0v) is 12.5. The van der Waals surface area contributed by atoms with Crippen molar-refractivity contribution in [3.8, 4) is 0 Å². The van der Waals surface area contributed by atoms with Gasteiger partial charge in [0, 0.05) is 6.42 Å². The van der Waals surface area contributed by atoms with Crippen molar-refractivity contribution in [2.45, 2.75) is 63.9 Å². The van der Waals surface area contributed by atoms with Gasteiger partial charge < -0.3 is 9.47 Å². The number of halogens is 1. The number of rotatable bonds is 4. The first-order valence-electron chi connectivity index (χ1n) is 7.50. The lowest BCUT2D eigenvalue weighted by Gasteiger charge is -2.31. The molecule has 0 aromatic heterocycles. The van der Waals surface area contributed by atoms with Crippen LogP contribution in [-0.2, 0) is 16.1 Å². The van der Waals surface area contributed by atoms with Crippen molar-refractivity contribution in [2.75, 3.05) is 0 Å². The molecule has 2 nitrogen and oxygen atoms in total. The van der Waals surface area contributed by atoms with Crippen LogP contribution in [0.4, 0.5) is 4.39 Å². The Hall–Kier alpha value is -0.930. The van der Waals surface area contributed by atoms with Gasteiger partial charge in [0.1, 0.15) is 5.82 Å². The van der Waals surface area contributed by atoms with Crippen LogP contribution in [0.5, 0.6) is 0 Å². The molecule has 0 aliphatic carbocycles. The normalized spacial score (nSPS) is 36.0. The van der Waals surface area contributed by atoms with E-state index in [9.17, 15) is 4.39 Å². The summed E-state index contributed by atoms with van der Waals surface area (Å²) in [6.45, 7) is 7.15. The molecule has 0 saturated carbocycles. The highest BCUT2D eigenvalue weighted by molar-refractivity contribution is 5.16. The highest BCUT2D eigenvalue weighted by Crippen LogP contribution is 2.55. The Morgan fingerprint density at radius 2 is 2.00 bits per heavy atom. The van der Waals surface area contributed by atoms with Gasteiger partial charge in [-0.05, 0) is 43.4 Å². The van der Waals surface area contributed by atoms with Gasteiger partial charge in [-0.1, -0.05) is 26.0 Å². The SMILES string of the molecule is CC(C)C12CCC(C)(O1)C(OCc1ccc(F)cc1)C2. The Kier molecular flexibility index (Phi) is 3.38. The molecule has 1 aromatic carbocycles. The zero-order chi connectivity index (χ0) is 14.4. The van der Waals surface area contributed by atoms with E-state index in [1.807, 2.05) is 0 Å². The maximum absolute atomic E-state index is 12.9. The van der Waals surface area contributed by atoms with Crippen molar-refractivity contribution in [3.63, 3.8) is 0 Å². The maximum Gasteiger partial charge on any atom is 0.123 e. The fourth-order valence-corrected chi connectivity index (χ4v) is 3.58. The Bertz CT molecular complexity index is 484. The zero-order valence-electron chi connectivity index (χ0n) is 12.5. The van der Waals surface area contributed by atoms with Crippen molar-refractivity contribution in [2.24, 2.45) is 5.92 Å². The van der Waals surface area contributed by atoms with Crippen molar-refractivity contribution in [1.29, 1.82) is 0 Å². The Balaban J connectivity index is 1.66. The van der Waals surface area contributed by atoms with Crippen molar-refractivity contribution < 1.29 is 13.9 Å². The van der Waals surface area contributed by atoms with E-state index < -0.39 is 0 Å². The molecule has 2 aliphatic rings. The van der Waals surface area contributed by atoms with E-state index in [0.29, 0.717) is 12.5 Å². The highest BCUT2D eigenvalue weighted by atomic mass is 19.1. The van der Waals surface area contributed by atoms with E-state index >= 15 is 0 Å². The van der Waals surface area contributed by atoms with Crippen LogP contribution in [0, 0.1) is 11.7 Å². The Morgan fingerprint density at radius 1 is 1.30 bits per heavy atom. The molecule has 0 radical (unpaired) electrons. The van der Waals surface area contributed by atoms with Crippen molar-refractivity contribution >= 4 is 0 Å². The number of ether oxygens (including phenoxy) is 2. The van der Waals surface area contributed by atoms with Gasteiger partial charge >= 0.3 is 0 Å². The summed E-state index contributed by atoms with van der Waals surface area (Å²) in [5.74, 6) is 0.312. The first-order chi connectivity index (χ1) is 9.43. The highest BCUT2D eigenvalue weighted by Gasteiger charge is 2.60. The predicted molar refractivity (Wildman–Crippen MR) is 75.9 cm³/mol. The summed E-state index contributed by atoms with van der Waals surface area (Å²) in [5.41, 5.74) is 0.864. The standard InChI is InChI=1S/C17H23FO2/c1-12(2)17-9-8-16(3,20-17)15(10-17)19-11-13-4-6-14(18)7-5-13/h4-7,12,15H,8-11H2,1-3H3. The van der Waals surface area contributed by atoms with Gasteiger partial charge in [-0.3, -0.25) is 0 Å². The summed E-state index contributed by atoms with van der Waals surface area (Å²) in [6.07, 6.45) is 3.32. The summed E-state index contributed by atoms with van der Waals surface area (Å²) in [4.78, 5) is 0. The lowest BCUT2D eigenvalue weighted by Crippen LogP contribution is -2.38. The minimum atomic E-state index is -0.206. The van der Waals surface area contributed by atoms with Gasteiger partial charge in [-0.15, -0.1) is 0 Å². The lowest BCUT2D eigenvalue weighted by atomic mass is 9.75.